The third-order valence-corrected chi connectivity index (χ3v) is 4.09. The van der Waals surface area contributed by atoms with Crippen LogP contribution in [0.3, 0.4) is 0 Å². The minimum absolute atomic E-state index is 0.104. The molecule has 1 aliphatic rings. The molecule has 0 aromatic heterocycles. The smallest absolute Gasteiger partial charge is 0.311 e. The number of benzene rings is 1. The van der Waals surface area contributed by atoms with E-state index in [9.17, 15) is 14.7 Å². The van der Waals surface area contributed by atoms with Gasteiger partial charge in [-0.05, 0) is 25.1 Å². The Morgan fingerprint density at radius 2 is 2.10 bits per heavy atom. The van der Waals surface area contributed by atoms with Gasteiger partial charge in [0.05, 0.1) is 29.8 Å². The highest BCUT2D eigenvalue weighted by atomic mass is 35.5. The first-order valence-corrected chi connectivity index (χ1v) is 7.27. The van der Waals surface area contributed by atoms with Gasteiger partial charge in [0.15, 0.2) is 0 Å². The summed E-state index contributed by atoms with van der Waals surface area (Å²) >= 11 is 11.9. The van der Waals surface area contributed by atoms with Gasteiger partial charge in [0.2, 0.25) is 0 Å². The van der Waals surface area contributed by atoms with Crippen molar-refractivity contribution in [1.82, 2.24) is 4.90 Å². The van der Waals surface area contributed by atoms with Gasteiger partial charge in [-0.15, -0.1) is 0 Å². The molecule has 114 valence electrons. The molecule has 21 heavy (non-hydrogen) atoms. The molecule has 1 heterocycles. The predicted octanol–water partition coefficient (Wildman–Crippen LogP) is 2.56. The molecule has 2 unspecified atom stereocenters. The molecule has 0 spiro atoms. The first-order chi connectivity index (χ1) is 9.95. The number of halogens is 2. The first kappa shape index (κ1) is 16.1. The van der Waals surface area contributed by atoms with Gasteiger partial charge >= 0.3 is 5.97 Å². The number of likely N-dealkylation sites (N-methyl/N-ethyl adjacent to an activating group) is 1. The van der Waals surface area contributed by atoms with Gasteiger partial charge in [-0.2, -0.15) is 0 Å². The van der Waals surface area contributed by atoms with Gasteiger partial charge in [-0.3, -0.25) is 9.59 Å². The molecule has 5 nitrogen and oxygen atoms in total. The van der Waals surface area contributed by atoms with Gasteiger partial charge in [0, 0.05) is 11.6 Å². The summed E-state index contributed by atoms with van der Waals surface area (Å²) in [5.41, 5.74) is 0.266. The fourth-order valence-electron chi connectivity index (χ4n) is 2.43. The lowest BCUT2D eigenvalue weighted by atomic mass is 10.0. The molecule has 2 atom stereocenters. The summed E-state index contributed by atoms with van der Waals surface area (Å²) in [6.07, 6.45) is 0. The molecule has 7 heteroatoms. The number of hydrogen-bond donors (Lipinski definition) is 1. The van der Waals surface area contributed by atoms with Crippen molar-refractivity contribution in [3.63, 3.8) is 0 Å². The van der Waals surface area contributed by atoms with Crippen molar-refractivity contribution in [3.05, 3.63) is 33.8 Å². The Morgan fingerprint density at radius 3 is 2.71 bits per heavy atom. The number of aliphatic carboxylic acids is 1. The largest absolute Gasteiger partial charge is 0.481 e. The molecule has 0 saturated carbocycles. The number of amides is 1. The van der Waals surface area contributed by atoms with Crippen LogP contribution in [0.1, 0.15) is 17.3 Å². The number of rotatable bonds is 4. The second-order valence-corrected chi connectivity index (χ2v) is 5.61. The van der Waals surface area contributed by atoms with E-state index >= 15 is 0 Å². The Kier molecular flexibility index (Phi) is 5.08. The maximum Gasteiger partial charge on any atom is 0.311 e. The molecule has 1 aromatic carbocycles. The van der Waals surface area contributed by atoms with Crippen LogP contribution in [0.5, 0.6) is 0 Å². The van der Waals surface area contributed by atoms with Crippen molar-refractivity contribution >= 4 is 35.1 Å². The monoisotopic (exact) mass is 331 g/mol. The van der Waals surface area contributed by atoms with Crippen molar-refractivity contribution in [2.45, 2.75) is 13.0 Å². The number of hydrogen-bond acceptors (Lipinski definition) is 3. The minimum Gasteiger partial charge on any atom is -0.481 e. The normalized spacial score (nSPS) is 21.3. The Bertz CT molecular complexity index is 564. The van der Waals surface area contributed by atoms with Crippen LogP contribution < -0.4 is 0 Å². The topological polar surface area (TPSA) is 66.8 Å². The summed E-state index contributed by atoms with van der Waals surface area (Å²) in [6.45, 7) is 2.45. The number of nitrogens with zero attached hydrogens (tertiary/aromatic N) is 1. The van der Waals surface area contributed by atoms with Crippen LogP contribution in [0.2, 0.25) is 10.0 Å². The summed E-state index contributed by atoms with van der Waals surface area (Å²) in [4.78, 5) is 25.4. The van der Waals surface area contributed by atoms with Gasteiger partial charge in [0.25, 0.3) is 5.91 Å². The van der Waals surface area contributed by atoms with Gasteiger partial charge < -0.3 is 14.7 Å². The third-order valence-electron chi connectivity index (χ3n) is 3.53. The van der Waals surface area contributed by atoms with E-state index in [1.807, 2.05) is 0 Å². The van der Waals surface area contributed by atoms with E-state index in [2.05, 4.69) is 0 Å². The highest BCUT2D eigenvalue weighted by molar-refractivity contribution is 6.35. The van der Waals surface area contributed by atoms with E-state index in [0.717, 1.165) is 0 Å². The van der Waals surface area contributed by atoms with E-state index in [0.29, 0.717) is 11.6 Å². The lowest BCUT2D eigenvalue weighted by Crippen LogP contribution is -2.46. The van der Waals surface area contributed by atoms with Crippen LogP contribution in [0.25, 0.3) is 0 Å². The number of carbonyl (C=O) groups is 2. The summed E-state index contributed by atoms with van der Waals surface area (Å²) in [5, 5.41) is 9.90. The lowest BCUT2D eigenvalue weighted by molar-refractivity contribution is -0.142. The molecule has 0 radical (unpaired) electrons. The van der Waals surface area contributed by atoms with E-state index < -0.39 is 17.9 Å². The van der Waals surface area contributed by atoms with Crippen LogP contribution in [0.4, 0.5) is 0 Å². The SMILES string of the molecule is CCN(C(=O)c1cc(Cl)ccc1Cl)C1COCC1C(=O)O. The molecule has 1 fully saturated rings. The van der Waals surface area contributed by atoms with Crippen LogP contribution in [-0.4, -0.2) is 47.7 Å². The summed E-state index contributed by atoms with van der Waals surface area (Å²) in [5.74, 6) is -2.04. The summed E-state index contributed by atoms with van der Waals surface area (Å²) < 4.78 is 5.22. The van der Waals surface area contributed by atoms with Gasteiger partial charge in [-0.25, -0.2) is 0 Å². The average molecular weight is 332 g/mol. The lowest BCUT2D eigenvalue weighted by Gasteiger charge is -2.29. The average Bonchev–Trinajstić information content (AvgIpc) is 2.91. The zero-order valence-corrected chi connectivity index (χ0v) is 12.9. The zero-order chi connectivity index (χ0) is 15.6. The molecule has 0 bridgehead atoms. The fraction of sp³-hybridized carbons (Fsp3) is 0.429. The third kappa shape index (κ3) is 3.31. The van der Waals surface area contributed by atoms with Crippen molar-refractivity contribution < 1.29 is 19.4 Å². The highest BCUT2D eigenvalue weighted by Crippen LogP contribution is 2.26. The minimum atomic E-state index is -0.971. The van der Waals surface area contributed by atoms with Crippen LogP contribution in [0.15, 0.2) is 18.2 Å². The molecular weight excluding hydrogens is 317 g/mol. The molecule has 1 aliphatic heterocycles. The number of carbonyl (C=O) groups excluding carboxylic acids is 1. The molecule has 1 amide bonds. The molecule has 2 rings (SSSR count). The standard InChI is InChI=1S/C14H15Cl2NO4/c1-2-17(12-7-21-6-10(12)14(19)20)13(18)9-5-8(15)3-4-11(9)16/h3-5,10,12H,2,6-7H2,1H3,(H,19,20). The van der Waals surface area contributed by atoms with Crippen molar-refractivity contribution in [2.24, 2.45) is 5.92 Å². The quantitative estimate of drug-likeness (QED) is 0.920. The summed E-state index contributed by atoms with van der Waals surface area (Å²) in [6, 6.07) is 4.12. The number of ether oxygens (including phenoxy) is 1. The Labute approximate surface area is 132 Å². The predicted molar refractivity (Wildman–Crippen MR) is 78.9 cm³/mol. The number of carboxylic acids is 1. The van der Waals surface area contributed by atoms with Crippen molar-refractivity contribution in [3.8, 4) is 0 Å². The molecule has 0 aliphatic carbocycles. The van der Waals surface area contributed by atoms with E-state index in [4.69, 9.17) is 27.9 Å². The number of carboxylic acid groups (broad SMARTS) is 1. The van der Waals surface area contributed by atoms with Crippen LogP contribution in [-0.2, 0) is 9.53 Å². The van der Waals surface area contributed by atoms with Crippen molar-refractivity contribution in [1.29, 1.82) is 0 Å². The van der Waals surface area contributed by atoms with E-state index in [-0.39, 0.29) is 29.7 Å². The molecule has 1 aromatic rings. The van der Waals surface area contributed by atoms with Gasteiger partial charge in [-0.1, -0.05) is 23.2 Å². The fourth-order valence-corrected chi connectivity index (χ4v) is 2.80. The van der Waals surface area contributed by atoms with E-state index in [1.165, 1.54) is 11.0 Å². The molecular formula is C14H15Cl2NO4. The van der Waals surface area contributed by atoms with Gasteiger partial charge in [0.1, 0.15) is 5.92 Å². The Hall–Kier alpha value is -1.30. The van der Waals surface area contributed by atoms with Crippen LogP contribution in [0, 0.1) is 5.92 Å². The van der Waals surface area contributed by atoms with Crippen LogP contribution >= 0.6 is 23.2 Å². The first-order valence-electron chi connectivity index (χ1n) is 6.52. The maximum atomic E-state index is 12.6. The molecule has 1 saturated heterocycles. The second-order valence-electron chi connectivity index (χ2n) is 4.76. The maximum absolute atomic E-state index is 12.6. The van der Waals surface area contributed by atoms with E-state index in [1.54, 1.807) is 19.1 Å². The summed E-state index contributed by atoms with van der Waals surface area (Å²) in [7, 11) is 0. The highest BCUT2D eigenvalue weighted by Gasteiger charge is 2.40. The Balaban J connectivity index is 2.30. The second kappa shape index (κ2) is 6.64. The molecule has 1 N–H and O–H groups in total. The Morgan fingerprint density at radius 1 is 1.38 bits per heavy atom. The van der Waals surface area contributed by atoms with Crippen molar-refractivity contribution in [2.75, 3.05) is 19.8 Å². The zero-order valence-electron chi connectivity index (χ0n) is 11.4.